The van der Waals surface area contributed by atoms with Crippen molar-refractivity contribution >= 4 is 27.9 Å². The first-order chi connectivity index (χ1) is 7.69. The second kappa shape index (κ2) is 6.48. The molecule has 1 aromatic carbocycles. The Bertz CT molecular complexity index is 383. The Morgan fingerprint density at radius 2 is 1.94 bits per heavy atom. The van der Waals surface area contributed by atoms with Crippen molar-refractivity contribution < 1.29 is 4.79 Å². The first-order valence-electron chi connectivity index (χ1n) is 5.40. The molecule has 16 heavy (non-hydrogen) atoms. The lowest BCUT2D eigenvalue weighted by molar-refractivity contribution is -0.125. The van der Waals surface area contributed by atoms with Crippen LogP contribution in [-0.2, 0) is 4.79 Å². The highest BCUT2D eigenvalue weighted by atomic mass is 79.9. The minimum absolute atomic E-state index is 0.0563. The van der Waals surface area contributed by atoms with E-state index >= 15 is 0 Å². The van der Waals surface area contributed by atoms with E-state index in [1.54, 1.807) is 11.0 Å². The second-order valence-corrected chi connectivity index (χ2v) is 4.22. The molecule has 86 valence electrons. The SMILES string of the molecule is CCN(CC)C(=O)C=Cc1ccccc1Br. The number of hydrogen-bond acceptors (Lipinski definition) is 1. The van der Waals surface area contributed by atoms with Crippen LogP contribution in [0, 0.1) is 0 Å². The third-order valence-corrected chi connectivity index (χ3v) is 3.11. The molecule has 0 heterocycles. The van der Waals surface area contributed by atoms with E-state index in [-0.39, 0.29) is 5.91 Å². The van der Waals surface area contributed by atoms with Crippen molar-refractivity contribution in [2.45, 2.75) is 13.8 Å². The zero-order valence-corrected chi connectivity index (χ0v) is 11.2. The summed E-state index contributed by atoms with van der Waals surface area (Å²) < 4.78 is 0.999. The summed E-state index contributed by atoms with van der Waals surface area (Å²) >= 11 is 3.44. The molecular weight excluding hydrogens is 266 g/mol. The van der Waals surface area contributed by atoms with Gasteiger partial charge in [0.25, 0.3) is 0 Å². The summed E-state index contributed by atoms with van der Waals surface area (Å²) in [6.45, 7) is 5.45. The van der Waals surface area contributed by atoms with E-state index in [2.05, 4.69) is 15.9 Å². The van der Waals surface area contributed by atoms with E-state index in [0.29, 0.717) is 0 Å². The van der Waals surface area contributed by atoms with Gasteiger partial charge in [-0.3, -0.25) is 4.79 Å². The summed E-state index contributed by atoms with van der Waals surface area (Å²) in [7, 11) is 0. The number of likely N-dealkylation sites (N-methyl/N-ethyl adjacent to an activating group) is 1. The second-order valence-electron chi connectivity index (χ2n) is 3.37. The highest BCUT2D eigenvalue weighted by molar-refractivity contribution is 9.10. The fourth-order valence-electron chi connectivity index (χ4n) is 1.41. The molecule has 0 atom stereocenters. The summed E-state index contributed by atoms with van der Waals surface area (Å²) in [5.74, 6) is 0.0563. The topological polar surface area (TPSA) is 20.3 Å². The largest absolute Gasteiger partial charge is 0.340 e. The van der Waals surface area contributed by atoms with Crippen molar-refractivity contribution in [3.8, 4) is 0 Å². The van der Waals surface area contributed by atoms with E-state index in [9.17, 15) is 4.79 Å². The predicted octanol–water partition coefficient (Wildman–Crippen LogP) is 3.33. The van der Waals surface area contributed by atoms with Crippen LogP contribution in [0.15, 0.2) is 34.8 Å². The van der Waals surface area contributed by atoms with Gasteiger partial charge in [-0.2, -0.15) is 0 Å². The third-order valence-electron chi connectivity index (χ3n) is 2.39. The summed E-state index contributed by atoms with van der Waals surface area (Å²) in [5.41, 5.74) is 1.02. The number of hydrogen-bond donors (Lipinski definition) is 0. The van der Waals surface area contributed by atoms with Gasteiger partial charge < -0.3 is 4.90 Å². The summed E-state index contributed by atoms with van der Waals surface area (Å²) in [4.78, 5) is 13.5. The summed E-state index contributed by atoms with van der Waals surface area (Å²) in [6.07, 6.45) is 3.46. The van der Waals surface area contributed by atoms with Crippen molar-refractivity contribution in [2.75, 3.05) is 13.1 Å². The number of rotatable bonds is 4. The van der Waals surface area contributed by atoms with E-state index < -0.39 is 0 Å². The van der Waals surface area contributed by atoms with Gasteiger partial charge in [-0.1, -0.05) is 34.1 Å². The number of carbonyl (C=O) groups excluding carboxylic acids is 1. The fourth-order valence-corrected chi connectivity index (χ4v) is 1.83. The molecule has 1 rings (SSSR count). The van der Waals surface area contributed by atoms with Gasteiger partial charge in [0.05, 0.1) is 0 Å². The lowest BCUT2D eigenvalue weighted by atomic mass is 10.2. The van der Waals surface area contributed by atoms with Crippen molar-refractivity contribution in [3.63, 3.8) is 0 Å². The zero-order valence-electron chi connectivity index (χ0n) is 9.61. The summed E-state index contributed by atoms with van der Waals surface area (Å²) in [6, 6.07) is 7.83. The molecule has 1 amide bonds. The lowest BCUT2D eigenvalue weighted by Gasteiger charge is -2.15. The van der Waals surface area contributed by atoms with Gasteiger partial charge in [0.2, 0.25) is 5.91 Å². The Balaban J connectivity index is 2.74. The molecule has 0 aliphatic carbocycles. The van der Waals surface area contributed by atoms with Crippen LogP contribution in [0.4, 0.5) is 0 Å². The van der Waals surface area contributed by atoms with Crippen LogP contribution in [0.1, 0.15) is 19.4 Å². The molecule has 0 saturated carbocycles. The van der Waals surface area contributed by atoms with Gasteiger partial charge in [0.15, 0.2) is 0 Å². The molecule has 0 radical (unpaired) electrons. The van der Waals surface area contributed by atoms with Crippen LogP contribution in [0.25, 0.3) is 6.08 Å². The Morgan fingerprint density at radius 3 is 2.50 bits per heavy atom. The molecule has 0 saturated heterocycles. The fraction of sp³-hybridized carbons (Fsp3) is 0.308. The molecule has 2 nitrogen and oxygen atoms in total. The zero-order chi connectivity index (χ0) is 12.0. The maximum absolute atomic E-state index is 11.7. The van der Waals surface area contributed by atoms with Crippen molar-refractivity contribution in [3.05, 3.63) is 40.4 Å². The van der Waals surface area contributed by atoms with E-state index in [0.717, 1.165) is 23.1 Å². The van der Waals surface area contributed by atoms with Gasteiger partial charge in [0, 0.05) is 23.6 Å². The van der Waals surface area contributed by atoms with Crippen molar-refractivity contribution in [2.24, 2.45) is 0 Å². The molecule has 1 aromatic rings. The Kier molecular flexibility index (Phi) is 5.26. The standard InChI is InChI=1S/C13H16BrNO/c1-3-15(4-2)13(16)10-9-11-7-5-6-8-12(11)14/h5-10H,3-4H2,1-2H3. The van der Waals surface area contributed by atoms with Crippen LogP contribution in [0.3, 0.4) is 0 Å². The number of benzene rings is 1. The number of amides is 1. The van der Waals surface area contributed by atoms with Crippen LogP contribution >= 0.6 is 15.9 Å². The van der Waals surface area contributed by atoms with E-state index in [1.165, 1.54) is 0 Å². The Morgan fingerprint density at radius 1 is 1.31 bits per heavy atom. The van der Waals surface area contributed by atoms with Gasteiger partial charge in [-0.05, 0) is 31.6 Å². The Labute approximate surface area is 105 Å². The highest BCUT2D eigenvalue weighted by Gasteiger charge is 2.04. The van der Waals surface area contributed by atoms with E-state index in [4.69, 9.17) is 0 Å². The lowest BCUT2D eigenvalue weighted by Crippen LogP contribution is -2.28. The molecule has 0 aliphatic rings. The molecule has 0 aliphatic heterocycles. The first-order valence-corrected chi connectivity index (χ1v) is 6.19. The average molecular weight is 282 g/mol. The van der Waals surface area contributed by atoms with Gasteiger partial charge in [-0.25, -0.2) is 0 Å². The monoisotopic (exact) mass is 281 g/mol. The molecular formula is C13H16BrNO. The molecule has 0 bridgehead atoms. The normalized spacial score (nSPS) is 10.7. The average Bonchev–Trinajstić information content (AvgIpc) is 2.29. The van der Waals surface area contributed by atoms with Crippen LogP contribution in [-0.4, -0.2) is 23.9 Å². The van der Waals surface area contributed by atoms with Crippen molar-refractivity contribution in [1.29, 1.82) is 0 Å². The highest BCUT2D eigenvalue weighted by Crippen LogP contribution is 2.17. The van der Waals surface area contributed by atoms with E-state index in [1.807, 2.05) is 44.2 Å². The minimum atomic E-state index is 0.0563. The van der Waals surface area contributed by atoms with Crippen molar-refractivity contribution in [1.82, 2.24) is 4.90 Å². The molecule has 3 heteroatoms. The molecule has 0 spiro atoms. The van der Waals surface area contributed by atoms with Crippen LogP contribution in [0.2, 0.25) is 0 Å². The predicted molar refractivity (Wildman–Crippen MR) is 71.1 cm³/mol. The number of halogens is 1. The smallest absolute Gasteiger partial charge is 0.246 e. The Hall–Kier alpha value is -1.09. The molecule has 0 N–H and O–H groups in total. The van der Waals surface area contributed by atoms with Gasteiger partial charge >= 0.3 is 0 Å². The first kappa shape index (κ1) is 13.0. The molecule has 0 fully saturated rings. The van der Waals surface area contributed by atoms with Gasteiger partial charge in [0.1, 0.15) is 0 Å². The van der Waals surface area contributed by atoms with Crippen LogP contribution < -0.4 is 0 Å². The van der Waals surface area contributed by atoms with Crippen LogP contribution in [0.5, 0.6) is 0 Å². The summed E-state index contributed by atoms with van der Waals surface area (Å²) in [5, 5.41) is 0. The maximum atomic E-state index is 11.7. The number of carbonyl (C=O) groups is 1. The molecule has 0 aromatic heterocycles. The minimum Gasteiger partial charge on any atom is -0.340 e. The third kappa shape index (κ3) is 3.49. The number of nitrogens with zero attached hydrogens (tertiary/aromatic N) is 1. The quantitative estimate of drug-likeness (QED) is 0.776. The van der Waals surface area contributed by atoms with Gasteiger partial charge in [-0.15, -0.1) is 0 Å². The maximum Gasteiger partial charge on any atom is 0.246 e. The molecule has 0 unspecified atom stereocenters.